The van der Waals surface area contributed by atoms with Crippen LogP contribution in [0.4, 0.5) is 5.95 Å². The third kappa shape index (κ3) is 2.15. The third-order valence-electron chi connectivity index (χ3n) is 2.11. The van der Waals surface area contributed by atoms with E-state index in [0.29, 0.717) is 12.5 Å². The van der Waals surface area contributed by atoms with Crippen LogP contribution in [0, 0.1) is 0 Å². The van der Waals surface area contributed by atoms with Gasteiger partial charge in [0, 0.05) is 6.07 Å². The topological polar surface area (TPSA) is 61.0 Å². The van der Waals surface area contributed by atoms with Gasteiger partial charge in [0.05, 0.1) is 12.3 Å². The second-order valence-electron chi connectivity index (χ2n) is 3.21. The number of hydrogen-bond acceptors (Lipinski definition) is 4. The Morgan fingerprint density at radius 2 is 2.33 bits per heavy atom. The average molecular weight is 203 g/mol. The van der Waals surface area contributed by atoms with Gasteiger partial charge in [-0.05, 0) is 18.9 Å². The van der Waals surface area contributed by atoms with Crippen molar-refractivity contribution in [3.63, 3.8) is 0 Å². The fourth-order valence-electron chi connectivity index (χ4n) is 1.47. The van der Waals surface area contributed by atoms with Crippen LogP contribution in [0.25, 0.3) is 5.57 Å². The minimum absolute atomic E-state index is 0.253. The summed E-state index contributed by atoms with van der Waals surface area (Å²) >= 11 is 0. The van der Waals surface area contributed by atoms with Gasteiger partial charge in [-0.15, -0.1) is 0 Å². The van der Waals surface area contributed by atoms with Crippen molar-refractivity contribution >= 4 is 11.5 Å². The van der Waals surface area contributed by atoms with E-state index in [1.807, 2.05) is 25.1 Å². The lowest BCUT2D eigenvalue weighted by Crippen LogP contribution is -2.02. The lowest BCUT2D eigenvalue weighted by atomic mass is 10.1. The number of hydrogen-bond donors (Lipinski definition) is 1. The first kappa shape index (κ1) is 9.71. The van der Waals surface area contributed by atoms with Crippen molar-refractivity contribution in [1.29, 1.82) is 0 Å². The highest BCUT2D eigenvalue weighted by Crippen LogP contribution is 2.24. The molecular weight excluding hydrogens is 190 g/mol. The van der Waals surface area contributed by atoms with Crippen molar-refractivity contribution in [2.75, 3.05) is 12.3 Å². The molecule has 0 radical (unpaired) electrons. The molecule has 2 N–H and O–H groups in total. The highest BCUT2D eigenvalue weighted by molar-refractivity contribution is 5.69. The molecule has 0 amide bonds. The first-order chi connectivity index (χ1) is 7.29. The van der Waals surface area contributed by atoms with Gasteiger partial charge in [-0.2, -0.15) is 4.98 Å². The summed E-state index contributed by atoms with van der Waals surface area (Å²) in [5.74, 6) is 0.788. The molecule has 1 aliphatic rings. The van der Waals surface area contributed by atoms with Crippen molar-refractivity contribution in [3.05, 3.63) is 30.0 Å². The van der Waals surface area contributed by atoms with Crippen molar-refractivity contribution < 1.29 is 4.74 Å². The summed E-state index contributed by atoms with van der Waals surface area (Å²) in [6, 6.07) is 1.82. The van der Waals surface area contributed by atoms with Gasteiger partial charge in [0.15, 0.2) is 0 Å². The van der Waals surface area contributed by atoms with Crippen molar-refractivity contribution in [2.24, 2.45) is 0 Å². The predicted octanol–water partition coefficient (Wildman–Crippen LogP) is 1.80. The Morgan fingerprint density at radius 1 is 1.47 bits per heavy atom. The van der Waals surface area contributed by atoms with E-state index in [2.05, 4.69) is 16.0 Å². The van der Waals surface area contributed by atoms with E-state index in [9.17, 15) is 0 Å². The monoisotopic (exact) mass is 203 g/mol. The molecule has 0 saturated heterocycles. The molecule has 15 heavy (non-hydrogen) atoms. The quantitative estimate of drug-likeness (QED) is 0.813. The van der Waals surface area contributed by atoms with Crippen LogP contribution in [-0.4, -0.2) is 16.6 Å². The number of nitrogens with zero attached hydrogens (tertiary/aromatic N) is 2. The number of allylic oxidation sites excluding steroid dienone is 4. The molecule has 1 aromatic heterocycles. The Morgan fingerprint density at radius 3 is 3.00 bits per heavy atom. The molecule has 4 nitrogen and oxygen atoms in total. The standard InChI is InChI=1S/C11H13N3O/c1-2-15-10-7-9(13-11(12)14-10)8-5-3-4-6-8/h3-5,7H,2,6H2,1H3,(H2,12,13,14). The van der Waals surface area contributed by atoms with Crippen molar-refractivity contribution in [1.82, 2.24) is 9.97 Å². The fourth-order valence-corrected chi connectivity index (χ4v) is 1.47. The zero-order valence-electron chi connectivity index (χ0n) is 8.60. The van der Waals surface area contributed by atoms with Crippen molar-refractivity contribution in [2.45, 2.75) is 13.3 Å². The molecule has 0 unspecified atom stereocenters. The second-order valence-corrected chi connectivity index (χ2v) is 3.21. The molecule has 0 atom stereocenters. The summed E-state index contributed by atoms with van der Waals surface area (Å²) in [4.78, 5) is 8.17. The average Bonchev–Trinajstić information content (AvgIpc) is 2.70. The maximum atomic E-state index is 5.61. The fraction of sp³-hybridized carbons (Fsp3) is 0.273. The number of nitrogen functional groups attached to an aromatic ring is 1. The van der Waals surface area contributed by atoms with Crippen LogP contribution in [0.2, 0.25) is 0 Å². The van der Waals surface area contributed by atoms with Crippen LogP contribution >= 0.6 is 0 Å². The number of nitrogens with two attached hydrogens (primary N) is 1. The van der Waals surface area contributed by atoms with E-state index in [1.165, 1.54) is 0 Å². The SMILES string of the molecule is CCOc1cc(C2=CC=CC2)nc(N)n1. The second kappa shape index (κ2) is 4.13. The highest BCUT2D eigenvalue weighted by atomic mass is 16.5. The van der Waals surface area contributed by atoms with Crippen LogP contribution in [-0.2, 0) is 0 Å². The summed E-state index contributed by atoms with van der Waals surface area (Å²) in [6.07, 6.45) is 7.00. The maximum Gasteiger partial charge on any atom is 0.223 e. The van der Waals surface area contributed by atoms with E-state index in [0.717, 1.165) is 17.7 Å². The van der Waals surface area contributed by atoms with Crippen molar-refractivity contribution in [3.8, 4) is 5.88 Å². The summed E-state index contributed by atoms with van der Waals surface area (Å²) in [6.45, 7) is 2.49. The normalized spacial score (nSPS) is 14.1. The van der Waals surface area contributed by atoms with Gasteiger partial charge in [0.25, 0.3) is 0 Å². The van der Waals surface area contributed by atoms with Gasteiger partial charge in [0.1, 0.15) is 0 Å². The maximum absolute atomic E-state index is 5.61. The molecule has 0 saturated carbocycles. The summed E-state index contributed by atoms with van der Waals surface area (Å²) < 4.78 is 5.31. The molecule has 0 bridgehead atoms. The van der Waals surface area contributed by atoms with E-state index in [4.69, 9.17) is 10.5 Å². The molecule has 0 aromatic carbocycles. The summed E-state index contributed by atoms with van der Waals surface area (Å²) in [5.41, 5.74) is 7.59. The molecule has 2 rings (SSSR count). The Bertz CT molecular complexity index is 424. The third-order valence-corrected chi connectivity index (χ3v) is 2.11. The number of anilines is 1. The molecule has 0 spiro atoms. The Kier molecular flexibility index (Phi) is 2.67. The molecule has 0 fully saturated rings. The largest absolute Gasteiger partial charge is 0.478 e. The van der Waals surface area contributed by atoms with Crippen LogP contribution in [0.1, 0.15) is 19.0 Å². The molecule has 1 aliphatic carbocycles. The summed E-state index contributed by atoms with van der Waals surface area (Å²) in [5, 5.41) is 0. The van der Waals surface area contributed by atoms with Gasteiger partial charge < -0.3 is 10.5 Å². The zero-order valence-corrected chi connectivity index (χ0v) is 8.60. The lowest BCUT2D eigenvalue weighted by molar-refractivity contribution is 0.326. The number of rotatable bonds is 3. The Balaban J connectivity index is 2.31. The molecule has 0 aliphatic heterocycles. The Labute approximate surface area is 88.5 Å². The lowest BCUT2D eigenvalue weighted by Gasteiger charge is -2.06. The van der Waals surface area contributed by atoms with E-state index >= 15 is 0 Å². The van der Waals surface area contributed by atoms with Gasteiger partial charge in [0.2, 0.25) is 11.8 Å². The minimum atomic E-state index is 0.253. The van der Waals surface area contributed by atoms with Gasteiger partial charge in [-0.3, -0.25) is 0 Å². The van der Waals surface area contributed by atoms with Crippen LogP contribution < -0.4 is 10.5 Å². The van der Waals surface area contributed by atoms with Gasteiger partial charge in [-0.1, -0.05) is 18.2 Å². The predicted molar refractivity (Wildman–Crippen MR) is 59.3 cm³/mol. The Hall–Kier alpha value is -1.84. The van der Waals surface area contributed by atoms with Crippen LogP contribution in [0.15, 0.2) is 24.3 Å². The molecule has 4 heteroatoms. The number of ether oxygens (including phenoxy) is 1. The van der Waals surface area contributed by atoms with Gasteiger partial charge in [-0.25, -0.2) is 4.98 Å². The van der Waals surface area contributed by atoms with Crippen LogP contribution in [0.3, 0.4) is 0 Å². The smallest absolute Gasteiger partial charge is 0.223 e. The minimum Gasteiger partial charge on any atom is -0.478 e. The van der Waals surface area contributed by atoms with E-state index in [-0.39, 0.29) is 5.95 Å². The summed E-state index contributed by atoms with van der Waals surface area (Å²) in [7, 11) is 0. The van der Waals surface area contributed by atoms with Gasteiger partial charge >= 0.3 is 0 Å². The number of aromatic nitrogens is 2. The zero-order chi connectivity index (χ0) is 10.7. The first-order valence-corrected chi connectivity index (χ1v) is 4.93. The molecule has 1 aromatic rings. The molecule has 1 heterocycles. The van der Waals surface area contributed by atoms with E-state index < -0.39 is 0 Å². The van der Waals surface area contributed by atoms with Crippen LogP contribution in [0.5, 0.6) is 5.88 Å². The molecule has 78 valence electrons. The first-order valence-electron chi connectivity index (χ1n) is 4.93. The molecular formula is C11H13N3O. The van der Waals surface area contributed by atoms with E-state index in [1.54, 1.807) is 0 Å². The highest BCUT2D eigenvalue weighted by Gasteiger charge is 2.08.